The van der Waals surface area contributed by atoms with Crippen LogP contribution in [-0.2, 0) is 13.1 Å². The molecule has 0 amide bonds. The average Bonchev–Trinajstić information content (AvgIpc) is 2.76. The van der Waals surface area contributed by atoms with Gasteiger partial charge in [-0.15, -0.1) is 0 Å². The molecule has 162 valence electrons. The van der Waals surface area contributed by atoms with Crippen molar-refractivity contribution in [2.45, 2.75) is 33.9 Å². The van der Waals surface area contributed by atoms with Crippen molar-refractivity contribution in [1.82, 2.24) is 14.9 Å². The number of anilines is 1. The Morgan fingerprint density at radius 1 is 1.03 bits per heavy atom. The maximum Gasteiger partial charge on any atom is 0.253 e. The Labute approximate surface area is 193 Å². The molecule has 32 heavy (non-hydrogen) atoms. The van der Waals surface area contributed by atoms with Gasteiger partial charge in [0, 0.05) is 41.1 Å². The van der Waals surface area contributed by atoms with Gasteiger partial charge >= 0.3 is 0 Å². The molecule has 0 fully saturated rings. The van der Waals surface area contributed by atoms with Crippen LogP contribution in [0.25, 0.3) is 10.9 Å². The second-order valence-corrected chi connectivity index (χ2v) is 8.57. The number of benzene rings is 2. The third kappa shape index (κ3) is 5.03. The van der Waals surface area contributed by atoms with Gasteiger partial charge in [0.2, 0.25) is 0 Å². The number of pyridine rings is 2. The molecule has 0 spiro atoms. The number of H-pyrrole nitrogens is 1. The fraction of sp³-hybridized carbons (Fsp3) is 0.192. The fourth-order valence-corrected chi connectivity index (χ4v) is 4.04. The van der Waals surface area contributed by atoms with Crippen LogP contribution in [0.3, 0.4) is 0 Å². The van der Waals surface area contributed by atoms with Crippen LogP contribution in [0.15, 0.2) is 71.8 Å². The Balaban J connectivity index is 1.66. The van der Waals surface area contributed by atoms with E-state index in [0.717, 1.165) is 33.3 Å². The molecule has 5 nitrogen and oxygen atoms in total. The lowest BCUT2D eigenvalue weighted by Gasteiger charge is -2.26. The summed E-state index contributed by atoms with van der Waals surface area (Å²) in [6, 6.07) is 18.1. The number of hydrogen-bond acceptors (Lipinski definition) is 3. The van der Waals surface area contributed by atoms with E-state index in [1.165, 1.54) is 5.56 Å². The largest absolute Gasteiger partial charge is 0.340 e. The number of hydrogen-bond donors (Lipinski definition) is 2. The Kier molecular flexibility index (Phi) is 6.32. The zero-order valence-electron chi connectivity index (χ0n) is 18.5. The summed E-state index contributed by atoms with van der Waals surface area (Å²) < 4.78 is 0. The van der Waals surface area contributed by atoms with E-state index in [1.807, 2.05) is 73.5 Å². The minimum Gasteiger partial charge on any atom is -0.340 e. The average molecular weight is 443 g/mol. The Morgan fingerprint density at radius 3 is 2.53 bits per heavy atom. The molecule has 0 unspecified atom stereocenters. The Hall–Kier alpha value is -3.51. The summed E-state index contributed by atoms with van der Waals surface area (Å²) in [6.07, 6.45) is 3.56. The molecule has 0 aliphatic carbocycles. The highest BCUT2D eigenvalue weighted by molar-refractivity contribution is 7.80. The first kappa shape index (κ1) is 21.7. The molecule has 0 atom stereocenters. The third-order valence-corrected chi connectivity index (χ3v) is 5.80. The SMILES string of the molecule is Cc1ccc(NC(=S)N(Cc2cccnc2)Cc2cc3c(C)cc(C)cc3[nH]c2=O)cc1. The number of rotatable bonds is 5. The van der Waals surface area contributed by atoms with Gasteiger partial charge in [-0.2, -0.15) is 0 Å². The van der Waals surface area contributed by atoms with Crippen molar-refractivity contribution < 1.29 is 0 Å². The lowest BCUT2D eigenvalue weighted by atomic mass is 10.0. The zero-order valence-corrected chi connectivity index (χ0v) is 19.3. The van der Waals surface area contributed by atoms with Crippen molar-refractivity contribution in [1.29, 1.82) is 0 Å². The number of aryl methyl sites for hydroxylation is 3. The number of fused-ring (bicyclic) bond motifs is 1. The smallest absolute Gasteiger partial charge is 0.253 e. The zero-order chi connectivity index (χ0) is 22.7. The first-order valence-corrected chi connectivity index (χ1v) is 10.9. The molecule has 0 saturated carbocycles. The van der Waals surface area contributed by atoms with Crippen LogP contribution in [0, 0.1) is 20.8 Å². The van der Waals surface area contributed by atoms with Crippen LogP contribution in [0.5, 0.6) is 0 Å². The predicted octanol–water partition coefficient (Wildman–Crippen LogP) is 5.25. The van der Waals surface area contributed by atoms with Gasteiger partial charge in [-0.05, 0) is 80.0 Å². The Bertz CT molecular complexity index is 1310. The number of aromatic nitrogens is 2. The highest BCUT2D eigenvalue weighted by atomic mass is 32.1. The lowest BCUT2D eigenvalue weighted by molar-refractivity contribution is 0.410. The topological polar surface area (TPSA) is 61.0 Å². The molecular formula is C26H26N4OS. The summed E-state index contributed by atoms with van der Waals surface area (Å²) in [4.78, 5) is 22.2. The molecule has 0 bridgehead atoms. The minimum absolute atomic E-state index is 0.100. The van der Waals surface area contributed by atoms with Crippen molar-refractivity contribution in [2.75, 3.05) is 5.32 Å². The summed E-state index contributed by atoms with van der Waals surface area (Å²) in [5.74, 6) is 0. The monoisotopic (exact) mass is 442 g/mol. The third-order valence-electron chi connectivity index (χ3n) is 5.44. The quantitative estimate of drug-likeness (QED) is 0.414. The Morgan fingerprint density at radius 2 is 1.81 bits per heavy atom. The number of thiocarbonyl (C=S) groups is 1. The molecule has 4 aromatic rings. The number of aromatic amines is 1. The van der Waals surface area contributed by atoms with Crippen molar-refractivity contribution in [3.8, 4) is 0 Å². The first-order valence-electron chi connectivity index (χ1n) is 10.5. The fourth-order valence-electron chi connectivity index (χ4n) is 3.79. The van der Waals surface area contributed by atoms with Gasteiger partial charge in [0.05, 0.1) is 6.54 Å². The molecule has 2 N–H and O–H groups in total. The molecule has 0 aliphatic rings. The summed E-state index contributed by atoms with van der Waals surface area (Å²) in [5.41, 5.74) is 6.80. The maximum absolute atomic E-state index is 12.9. The van der Waals surface area contributed by atoms with E-state index < -0.39 is 0 Å². The van der Waals surface area contributed by atoms with E-state index in [9.17, 15) is 4.79 Å². The van der Waals surface area contributed by atoms with Gasteiger partial charge < -0.3 is 15.2 Å². The van der Waals surface area contributed by atoms with E-state index in [2.05, 4.69) is 28.3 Å². The molecule has 4 rings (SSSR count). The lowest BCUT2D eigenvalue weighted by Crippen LogP contribution is -2.35. The number of nitrogens with one attached hydrogen (secondary N) is 2. The van der Waals surface area contributed by atoms with Gasteiger partial charge in [-0.3, -0.25) is 9.78 Å². The molecule has 2 heterocycles. The normalized spacial score (nSPS) is 10.8. The highest BCUT2D eigenvalue weighted by Crippen LogP contribution is 2.20. The van der Waals surface area contributed by atoms with E-state index in [0.29, 0.717) is 23.8 Å². The first-order chi connectivity index (χ1) is 15.4. The van der Waals surface area contributed by atoms with E-state index in [4.69, 9.17) is 12.2 Å². The molecular weight excluding hydrogens is 416 g/mol. The summed E-state index contributed by atoms with van der Waals surface area (Å²) in [5, 5.41) is 4.91. The molecule has 0 radical (unpaired) electrons. The maximum atomic E-state index is 12.9. The van der Waals surface area contributed by atoms with Crippen LogP contribution < -0.4 is 10.9 Å². The van der Waals surface area contributed by atoms with Gasteiger partial charge in [-0.25, -0.2) is 0 Å². The number of nitrogens with zero attached hydrogens (tertiary/aromatic N) is 2. The van der Waals surface area contributed by atoms with Gasteiger partial charge in [0.25, 0.3) is 5.56 Å². The second kappa shape index (κ2) is 9.32. The van der Waals surface area contributed by atoms with E-state index in [-0.39, 0.29) is 5.56 Å². The molecule has 0 saturated heterocycles. The van der Waals surface area contributed by atoms with Crippen LogP contribution in [0.4, 0.5) is 5.69 Å². The molecule has 2 aromatic carbocycles. The second-order valence-electron chi connectivity index (χ2n) is 8.18. The van der Waals surface area contributed by atoms with Gasteiger partial charge in [0.1, 0.15) is 0 Å². The minimum atomic E-state index is -0.100. The van der Waals surface area contributed by atoms with Gasteiger partial charge in [0.15, 0.2) is 5.11 Å². The highest BCUT2D eigenvalue weighted by Gasteiger charge is 2.15. The molecule has 6 heteroatoms. The molecule has 0 aliphatic heterocycles. The van der Waals surface area contributed by atoms with Crippen molar-refractivity contribution in [3.05, 3.63) is 105 Å². The predicted molar refractivity (Wildman–Crippen MR) is 135 cm³/mol. The van der Waals surface area contributed by atoms with E-state index >= 15 is 0 Å². The van der Waals surface area contributed by atoms with Crippen molar-refractivity contribution in [3.63, 3.8) is 0 Å². The van der Waals surface area contributed by atoms with E-state index in [1.54, 1.807) is 6.20 Å². The van der Waals surface area contributed by atoms with Crippen LogP contribution in [-0.4, -0.2) is 20.0 Å². The van der Waals surface area contributed by atoms with Crippen molar-refractivity contribution in [2.24, 2.45) is 0 Å². The summed E-state index contributed by atoms with van der Waals surface area (Å²) in [6.45, 7) is 7.06. The standard InChI is InChI=1S/C26H26N4OS/c1-17-6-8-22(9-7-17)28-26(32)30(15-20-5-4-10-27-14-20)16-21-13-23-19(3)11-18(2)12-24(23)29-25(21)31/h4-14H,15-16H2,1-3H3,(H,28,32)(H,29,31). The summed E-state index contributed by atoms with van der Waals surface area (Å²) >= 11 is 5.75. The van der Waals surface area contributed by atoms with Crippen molar-refractivity contribution >= 4 is 33.9 Å². The van der Waals surface area contributed by atoms with Gasteiger partial charge in [-0.1, -0.05) is 29.8 Å². The van der Waals surface area contributed by atoms with Crippen LogP contribution >= 0.6 is 12.2 Å². The van der Waals surface area contributed by atoms with Crippen LogP contribution in [0.2, 0.25) is 0 Å². The summed E-state index contributed by atoms with van der Waals surface area (Å²) in [7, 11) is 0. The van der Waals surface area contributed by atoms with Crippen LogP contribution in [0.1, 0.15) is 27.8 Å². The molecule has 2 aromatic heterocycles.